The van der Waals surface area contributed by atoms with Gasteiger partial charge in [0.25, 0.3) is 0 Å². The monoisotopic (exact) mass is 280 g/mol. The highest BCUT2D eigenvalue weighted by atomic mass is 16.3. The molecule has 0 atom stereocenters. The van der Waals surface area contributed by atoms with E-state index in [-0.39, 0.29) is 5.54 Å². The number of furan rings is 1. The van der Waals surface area contributed by atoms with Crippen molar-refractivity contribution in [3.63, 3.8) is 0 Å². The zero-order valence-corrected chi connectivity index (χ0v) is 14.6. The summed E-state index contributed by atoms with van der Waals surface area (Å²) in [5.41, 5.74) is 1.73. The Kier molecular flexibility index (Phi) is 5.45. The van der Waals surface area contributed by atoms with Crippen LogP contribution in [0.2, 0.25) is 0 Å². The summed E-state index contributed by atoms with van der Waals surface area (Å²) in [7, 11) is 2.17. The van der Waals surface area contributed by atoms with Gasteiger partial charge in [0, 0.05) is 24.2 Å². The Morgan fingerprint density at radius 3 is 2.25 bits per heavy atom. The number of nitrogens with zero attached hydrogens (tertiary/aromatic N) is 1. The van der Waals surface area contributed by atoms with E-state index in [1.54, 1.807) is 0 Å². The van der Waals surface area contributed by atoms with Crippen LogP contribution in [0.4, 0.5) is 0 Å². The van der Waals surface area contributed by atoms with Crippen LogP contribution < -0.4 is 5.32 Å². The summed E-state index contributed by atoms with van der Waals surface area (Å²) in [6, 6.07) is 2.19. The van der Waals surface area contributed by atoms with Gasteiger partial charge in [0.15, 0.2) is 0 Å². The molecule has 0 amide bonds. The zero-order valence-electron chi connectivity index (χ0n) is 14.6. The van der Waals surface area contributed by atoms with Crippen LogP contribution in [0.1, 0.15) is 58.6 Å². The second-order valence-corrected chi connectivity index (χ2v) is 8.13. The quantitative estimate of drug-likeness (QED) is 0.885. The average Bonchev–Trinajstić information content (AvgIpc) is 2.53. The van der Waals surface area contributed by atoms with E-state index in [1.165, 1.54) is 5.56 Å². The molecule has 0 aliphatic heterocycles. The van der Waals surface area contributed by atoms with Crippen molar-refractivity contribution in [2.75, 3.05) is 13.6 Å². The standard InChI is InChI=1S/C17H32N2O/c1-13-14(11-19(8)12-16(2,3)4)9-15(20-13)10-18-17(5,6)7/h9,18H,10-12H2,1-8H3. The normalized spacial score (nSPS) is 13.2. The Morgan fingerprint density at radius 1 is 1.15 bits per heavy atom. The van der Waals surface area contributed by atoms with Crippen LogP contribution in [0.15, 0.2) is 10.5 Å². The van der Waals surface area contributed by atoms with Gasteiger partial charge in [0.2, 0.25) is 0 Å². The van der Waals surface area contributed by atoms with Gasteiger partial charge >= 0.3 is 0 Å². The molecule has 0 saturated carbocycles. The minimum Gasteiger partial charge on any atom is -0.465 e. The summed E-state index contributed by atoms with van der Waals surface area (Å²) >= 11 is 0. The third-order valence-electron chi connectivity index (χ3n) is 3.05. The molecule has 1 aromatic heterocycles. The van der Waals surface area contributed by atoms with Gasteiger partial charge in [-0.2, -0.15) is 0 Å². The van der Waals surface area contributed by atoms with Gasteiger partial charge in [-0.05, 0) is 46.2 Å². The average molecular weight is 280 g/mol. The summed E-state index contributed by atoms with van der Waals surface area (Å²) in [6.45, 7) is 18.2. The van der Waals surface area contributed by atoms with E-state index in [4.69, 9.17) is 4.42 Å². The molecule has 0 aromatic carbocycles. The number of rotatable bonds is 5. The lowest BCUT2D eigenvalue weighted by Crippen LogP contribution is -2.34. The molecular weight excluding hydrogens is 248 g/mol. The molecule has 0 fully saturated rings. The maximum Gasteiger partial charge on any atom is 0.118 e. The van der Waals surface area contributed by atoms with Gasteiger partial charge in [-0.1, -0.05) is 20.8 Å². The maximum atomic E-state index is 5.85. The van der Waals surface area contributed by atoms with E-state index in [2.05, 4.69) is 71.8 Å². The highest BCUT2D eigenvalue weighted by Gasteiger charge is 2.16. The minimum absolute atomic E-state index is 0.115. The van der Waals surface area contributed by atoms with Gasteiger partial charge in [-0.3, -0.25) is 0 Å². The highest BCUT2D eigenvalue weighted by molar-refractivity contribution is 5.20. The Bertz CT molecular complexity index is 421. The SMILES string of the molecule is Cc1oc(CNC(C)(C)C)cc1CN(C)CC(C)(C)C. The Labute approximate surface area is 124 Å². The molecule has 1 aromatic rings. The van der Waals surface area contributed by atoms with Crippen molar-refractivity contribution in [1.29, 1.82) is 0 Å². The van der Waals surface area contributed by atoms with Crippen molar-refractivity contribution < 1.29 is 4.42 Å². The predicted molar refractivity (Wildman–Crippen MR) is 85.8 cm³/mol. The van der Waals surface area contributed by atoms with E-state index >= 15 is 0 Å². The minimum atomic E-state index is 0.115. The van der Waals surface area contributed by atoms with E-state index in [9.17, 15) is 0 Å². The summed E-state index contributed by atoms with van der Waals surface area (Å²) in [4.78, 5) is 2.36. The molecule has 0 unspecified atom stereocenters. The molecule has 20 heavy (non-hydrogen) atoms. The molecular formula is C17H32N2O. The van der Waals surface area contributed by atoms with Gasteiger partial charge in [0.05, 0.1) is 6.54 Å². The van der Waals surface area contributed by atoms with Crippen molar-refractivity contribution >= 4 is 0 Å². The van der Waals surface area contributed by atoms with Crippen molar-refractivity contribution in [2.45, 2.75) is 67.1 Å². The lowest BCUT2D eigenvalue weighted by molar-refractivity contribution is 0.220. The topological polar surface area (TPSA) is 28.4 Å². The van der Waals surface area contributed by atoms with Crippen LogP contribution in [-0.2, 0) is 13.1 Å². The van der Waals surface area contributed by atoms with Crippen molar-refractivity contribution in [2.24, 2.45) is 5.41 Å². The fourth-order valence-corrected chi connectivity index (χ4v) is 2.34. The van der Waals surface area contributed by atoms with E-state index in [0.717, 1.165) is 31.2 Å². The first-order valence-electron chi connectivity index (χ1n) is 7.48. The van der Waals surface area contributed by atoms with Crippen LogP contribution in [0.5, 0.6) is 0 Å². The summed E-state index contributed by atoms with van der Waals surface area (Å²) in [5, 5.41) is 3.46. The third-order valence-corrected chi connectivity index (χ3v) is 3.05. The number of hydrogen-bond acceptors (Lipinski definition) is 3. The van der Waals surface area contributed by atoms with Gasteiger partial charge in [0.1, 0.15) is 11.5 Å². The molecule has 3 nitrogen and oxygen atoms in total. The van der Waals surface area contributed by atoms with Gasteiger partial charge < -0.3 is 14.6 Å². The van der Waals surface area contributed by atoms with Crippen LogP contribution in [0.3, 0.4) is 0 Å². The number of hydrogen-bond donors (Lipinski definition) is 1. The molecule has 0 bridgehead atoms. The molecule has 0 spiro atoms. The Hall–Kier alpha value is -0.800. The fourth-order valence-electron chi connectivity index (χ4n) is 2.34. The Morgan fingerprint density at radius 2 is 1.75 bits per heavy atom. The molecule has 0 aliphatic rings. The lowest BCUT2D eigenvalue weighted by Gasteiger charge is -2.26. The number of aryl methyl sites for hydroxylation is 1. The lowest BCUT2D eigenvalue weighted by atomic mass is 9.96. The highest BCUT2D eigenvalue weighted by Crippen LogP contribution is 2.20. The van der Waals surface area contributed by atoms with Crippen LogP contribution in [0, 0.1) is 12.3 Å². The molecule has 0 aliphatic carbocycles. The first kappa shape index (κ1) is 17.3. The maximum absolute atomic E-state index is 5.85. The Balaban J connectivity index is 2.61. The van der Waals surface area contributed by atoms with Gasteiger partial charge in [-0.25, -0.2) is 0 Å². The molecule has 0 saturated heterocycles. The summed E-state index contributed by atoms with van der Waals surface area (Å²) in [5.74, 6) is 2.06. The second kappa shape index (κ2) is 6.31. The van der Waals surface area contributed by atoms with Crippen molar-refractivity contribution in [3.8, 4) is 0 Å². The van der Waals surface area contributed by atoms with Gasteiger partial charge in [-0.15, -0.1) is 0 Å². The van der Waals surface area contributed by atoms with E-state index < -0.39 is 0 Å². The predicted octanol–water partition coefficient (Wildman–Crippen LogP) is 3.95. The van der Waals surface area contributed by atoms with E-state index in [1.807, 2.05) is 0 Å². The number of nitrogens with one attached hydrogen (secondary N) is 1. The van der Waals surface area contributed by atoms with Crippen molar-refractivity contribution in [3.05, 3.63) is 23.2 Å². The van der Waals surface area contributed by atoms with Crippen LogP contribution in [-0.4, -0.2) is 24.0 Å². The van der Waals surface area contributed by atoms with Crippen LogP contribution in [0.25, 0.3) is 0 Å². The molecule has 1 N–H and O–H groups in total. The van der Waals surface area contributed by atoms with Crippen molar-refractivity contribution in [1.82, 2.24) is 10.2 Å². The second-order valence-electron chi connectivity index (χ2n) is 8.13. The molecule has 3 heteroatoms. The first-order valence-corrected chi connectivity index (χ1v) is 7.48. The smallest absolute Gasteiger partial charge is 0.118 e. The molecule has 116 valence electrons. The fraction of sp³-hybridized carbons (Fsp3) is 0.765. The summed E-state index contributed by atoms with van der Waals surface area (Å²) < 4.78 is 5.85. The third kappa shape index (κ3) is 6.58. The first-order chi connectivity index (χ1) is 8.96. The largest absolute Gasteiger partial charge is 0.465 e. The molecule has 1 rings (SSSR count). The van der Waals surface area contributed by atoms with E-state index in [0.29, 0.717) is 5.41 Å². The zero-order chi connectivity index (χ0) is 15.6. The summed E-state index contributed by atoms with van der Waals surface area (Å²) in [6.07, 6.45) is 0. The molecule has 0 radical (unpaired) electrons. The van der Waals surface area contributed by atoms with Crippen LogP contribution >= 0.6 is 0 Å². The molecule has 1 heterocycles.